The summed E-state index contributed by atoms with van der Waals surface area (Å²) in [6.45, 7) is 2.85. The largest absolute Gasteiger partial charge is 0.361 e. The predicted octanol–water partition coefficient (Wildman–Crippen LogP) is 2.79. The third kappa shape index (κ3) is 1.43. The SMILES string of the molecule is CCOCN1C(=O)c2cccc3cccc1c23. The van der Waals surface area contributed by atoms with Crippen LogP contribution >= 0.6 is 0 Å². The second-order valence-electron chi connectivity index (χ2n) is 4.04. The summed E-state index contributed by atoms with van der Waals surface area (Å²) in [4.78, 5) is 13.9. The Morgan fingerprint density at radius 3 is 2.71 bits per heavy atom. The molecule has 2 aromatic rings. The van der Waals surface area contributed by atoms with Crippen molar-refractivity contribution in [3.63, 3.8) is 0 Å². The first kappa shape index (κ1) is 10.3. The third-order valence-corrected chi connectivity index (χ3v) is 3.07. The number of carbonyl (C=O) groups is 1. The normalized spacial score (nSPS) is 13.7. The molecule has 0 bridgehead atoms. The van der Waals surface area contributed by atoms with Crippen LogP contribution in [0.4, 0.5) is 5.69 Å². The van der Waals surface area contributed by atoms with Crippen molar-refractivity contribution in [1.82, 2.24) is 0 Å². The van der Waals surface area contributed by atoms with Crippen LogP contribution < -0.4 is 4.90 Å². The number of hydrogen-bond donors (Lipinski definition) is 0. The highest BCUT2D eigenvalue weighted by Gasteiger charge is 2.29. The number of hydrogen-bond acceptors (Lipinski definition) is 2. The fourth-order valence-electron chi connectivity index (χ4n) is 2.29. The maximum Gasteiger partial charge on any atom is 0.260 e. The zero-order chi connectivity index (χ0) is 11.8. The lowest BCUT2D eigenvalue weighted by molar-refractivity contribution is 0.0910. The molecular weight excluding hydrogens is 214 g/mol. The molecule has 3 rings (SSSR count). The van der Waals surface area contributed by atoms with E-state index in [9.17, 15) is 4.79 Å². The minimum Gasteiger partial charge on any atom is -0.361 e. The Kier molecular flexibility index (Phi) is 2.34. The van der Waals surface area contributed by atoms with Crippen LogP contribution in [0, 0.1) is 0 Å². The number of ether oxygens (including phenoxy) is 1. The Morgan fingerprint density at radius 2 is 1.94 bits per heavy atom. The summed E-state index contributed by atoms with van der Waals surface area (Å²) in [5.41, 5.74) is 1.73. The number of benzene rings is 2. The van der Waals surface area contributed by atoms with Crippen molar-refractivity contribution in [2.24, 2.45) is 0 Å². The van der Waals surface area contributed by atoms with E-state index in [2.05, 4.69) is 0 Å². The van der Waals surface area contributed by atoms with Gasteiger partial charge in [0.05, 0.1) is 5.69 Å². The number of amides is 1. The fraction of sp³-hybridized carbons (Fsp3) is 0.214. The zero-order valence-electron chi connectivity index (χ0n) is 9.64. The molecule has 1 amide bonds. The van der Waals surface area contributed by atoms with E-state index in [1.54, 1.807) is 4.90 Å². The van der Waals surface area contributed by atoms with Crippen LogP contribution in [-0.2, 0) is 4.74 Å². The van der Waals surface area contributed by atoms with Crippen molar-refractivity contribution in [3.8, 4) is 0 Å². The molecule has 1 heterocycles. The molecule has 3 nitrogen and oxygen atoms in total. The van der Waals surface area contributed by atoms with Crippen molar-refractivity contribution >= 4 is 22.4 Å². The molecule has 0 radical (unpaired) electrons. The summed E-state index contributed by atoms with van der Waals surface area (Å²) in [5, 5.41) is 2.15. The summed E-state index contributed by atoms with van der Waals surface area (Å²) >= 11 is 0. The second-order valence-corrected chi connectivity index (χ2v) is 4.04. The fourth-order valence-corrected chi connectivity index (χ4v) is 2.29. The van der Waals surface area contributed by atoms with Crippen LogP contribution in [0.15, 0.2) is 36.4 Å². The average Bonchev–Trinajstić information content (AvgIpc) is 2.64. The van der Waals surface area contributed by atoms with E-state index in [1.165, 1.54) is 0 Å². The lowest BCUT2D eigenvalue weighted by Gasteiger charge is -2.16. The summed E-state index contributed by atoms with van der Waals surface area (Å²) in [6, 6.07) is 11.8. The molecule has 1 aliphatic rings. The molecule has 0 N–H and O–H groups in total. The molecule has 2 aromatic carbocycles. The maximum atomic E-state index is 12.2. The molecular formula is C14H13NO2. The van der Waals surface area contributed by atoms with Crippen LogP contribution in [0.1, 0.15) is 17.3 Å². The molecule has 0 unspecified atom stereocenters. The van der Waals surface area contributed by atoms with Gasteiger partial charge in [-0.2, -0.15) is 0 Å². The lowest BCUT2D eigenvalue weighted by Crippen LogP contribution is -2.29. The Balaban J connectivity index is 2.17. The first-order valence-electron chi connectivity index (χ1n) is 5.74. The Morgan fingerprint density at radius 1 is 1.18 bits per heavy atom. The third-order valence-electron chi connectivity index (χ3n) is 3.07. The molecule has 0 saturated carbocycles. The molecule has 0 aliphatic carbocycles. The van der Waals surface area contributed by atoms with E-state index in [1.807, 2.05) is 43.3 Å². The smallest absolute Gasteiger partial charge is 0.260 e. The first-order valence-corrected chi connectivity index (χ1v) is 5.74. The highest BCUT2D eigenvalue weighted by atomic mass is 16.5. The highest BCUT2D eigenvalue weighted by Crippen LogP contribution is 2.36. The molecule has 0 saturated heterocycles. The number of anilines is 1. The van der Waals surface area contributed by atoms with Gasteiger partial charge in [-0.3, -0.25) is 9.69 Å². The van der Waals surface area contributed by atoms with Gasteiger partial charge in [0.2, 0.25) is 0 Å². The topological polar surface area (TPSA) is 29.5 Å². The Labute approximate surface area is 99.6 Å². The van der Waals surface area contributed by atoms with Crippen LogP contribution in [0.25, 0.3) is 10.8 Å². The summed E-state index contributed by atoms with van der Waals surface area (Å²) in [7, 11) is 0. The molecule has 3 heteroatoms. The average molecular weight is 227 g/mol. The van der Waals surface area contributed by atoms with E-state index < -0.39 is 0 Å². The number of nitrogens with zero attached hydrogens (tertiary/aromatic N) is 1. The van der Waals surface area contributed by atoms with E-state index in [0.717, 1.165) is 22.0 Å². The van der Waals surface area contributed by atoms with Crippen molar-refractivity contribution in [3.05, 3.63) is 42.0 Å². The van der Waals surface area contributed by atoms with E-state index in [0.29, 0.717) is 13.3 Å². The lowest BCUT2D eigenvalue weighted by atomic mass is 10.1. The Bertz CT molecular complexity index is 587. The van der Waals surface area contributed by atoms with Crippen LogP contribution in [0.5, 0.6) is 0 Å². The first-order chi connectivity index (χ1) is 8.33. The van der Waals surface area contributed by atoms with Crippen molar-refractivity contribution in [2.75, 3.05) is 18.2 Å². The van der Waals surface area contributed by atoms with E-state index in [4.69, 9.17) is 4.74 Å². The van der Waals surface area contributed by atoms with Gasteiger partial charge in [-0.1, -0.05) is 24.3 Å². The maximum absolute atomic E-state index is 12.2. The zero-order valence-corrected chi connectivity index (χ0v) is 9.64. The van der Waals surface area contributed by atoms with Crippen LogP contribution in [-0.4, -0.2) is 19.2 Å². The molecule has 17 heavy (non-hydrogen) atoms. The van der Waals surface area contributed by atoms with Crippen molar-refractivity contribution in [2.45, 2.75) is 6.92 Å². The predicted molar refractivity (Wildman–Crippen MR) is 67.3 cm³/mol. The minimum atomic E-state index is 0.0326. The van der Waals surface area contributed by atoms with Crippen LogP contribution in [0.2, 0.25) is 0 Å². The van der Waals surface area contributed by atoms with Gasteiger partial charge in [0.1, 0.15) is 6.73 Å². The van der Waals surface area contributed by atoms with Crippen molar-refractivity contribution in [1.29, 1.82) is 0 Å². The molecule has 0 fully saturated rings. The standard InChI is InChI=1S/C14H13NO2/c1-2-17-9-15-12-8-4-6-10-5-3-7-11(13(10)12)14(15)16/h3-8H,2,9H2,1H3. The van der Waals surface area contributed by atoms with Gasteiger partial charge < -0.3 is 4.74 Å². The monoisotopic (exact) mass is 227 g/mol. The quantitative estimate of drug-likeness (QED) is 0.807. The molecule has 86 valence electrons. The number of carbonyl (C=O) groups excluding carboxylic acids is 1. The van der Waals surface area contributed by atoms with E-state index in [-0.39, 0.29) is 5.91 Å². The second kappa shape index (κ2) is 3.86. The highest BCUT2D eigenvalue weighted by molar-refractivity contribution is 6.24. The minimum absolute atomic E-state index is 0.0326. The van der Waals surface area contributed by atoms with Gasteiger partial charge in [0.25, 0.3) is 5.91 Å². The summed E-state index contributed by atoms with van der Waals surface area (Å²) in [6.07, 6.45) is 0. The summed E-state index contributed by atoms with van der Waals surface area (Å²) in [5.74, 6) is 0.0326. The van der Waals surface area contributed by atoms with E-state index >= 15 is 0 Å². The van der Waals surface area contributed by atoms with Gasteiger partial charge in [-0.15, -0.1) is 0 Å². The number of rotatable bonds is 3. The summed E-state index contributed by atoms with van der Waals surface area (Å²) < 4.78 is 5.36. The molecule has 0 atom stereocenters. The van der Waals surface area contributed by atoms with Gasteiger partial charge in [-0.25, -0.2) is 0 Å². The van der Waals surface area contributed by atoms with Gasteiger partial charge in [0, 0.05) is 17.6 Å². The van der Waals surface area contributed by atoms with Gasteiger partial charge in [-0.05, 0) is 24.4 Å². The van der Waals surface area contributed by atoms with Gasteiger partial charge in [0.15, 0.2) is 0 Å². The van der Waals surface area contributed by atoms with Crippen molar-refractivity contribution < 1.29 is 9.53 Å². The molecule has 0 aromatic heterocycles. The molecule has 0 spiro atoms. The van der Waals surface area contributed by atoms with Crippen LogP contribution in [0.3, 0.4) is 0 Å². The Hall–Kier alpha value is -1.87. The molecule has 1 aliphatic heterocycles. The van der Waals surface area contributed by atoms with Gasteiger partial charge >= 0.3 is 0 Å².